The molecule has 0 aromatic heterocycles. The van der Waals surface area contributed by atoms with Gasteiger partial charge in [0, 0.05) is 39.8 Å². The van der Waals surface area contributed by atoms with Crippen molar-refractivity contribution in [1.82, 2.24) is 15.1 Å². The molecule has 5 nitrogen and oxygen atoms in total. The third kappa shape index (κ3) is 8.98. The number of alkyl halides is 2. The summed E-state index contributed by atoms with van der Waals surface area (Å²) in [5.41, 5.74) is 0.990. The van der Waals surface area contributed by atoms with Gasteiger partial charge < -0.3 is 15.0 Å². The molecule has 26 heavy (non-hydrogen) atoms. The number of ether oxygens (including phenoxy) is 1. The Kier molecular flexibility index (Phi) is 12.5. The van der Waals surface area contributed by atoms with Gasteiger partial charge in [-0.3, -0.25) is 9.89 Å². The van der Waals surface area contributed by atoms with Crippen LogP contribution in [0.3, 0.4) is 0 Å². The molecular weight excluding hydrogens is 453 g/mol. The van der Waals surface area contributed by atoms with E-state index in [0.717, 1.165) is 31.2 Å². The summed E-state index contributed by atoms with van der Waals surface area (Å²) in [5, 5.41) is 3.36. The van der Waals surface area contributed by atoms with Crippen molar-refractivity contribution < 1.29 is 13.5 Å². The average Bonchev–Trinajstić information content (AvgIpc) is 2.56. The third-order valence-corrected chi connectivity index (χ3v) is 3.96. The number of aliphatic imine (C=N–C) groups is 1. The first-order chi connectivity index (χ1) is 11.9. The summed E-state index contributed by atoms with van der Waals surface area (Å²) in [6, 6.07) is 7.17. The summed E-state index contributed by atoms with van der Waals surface area (Å²) in [5.74, 6) is 0.963. The van der Waals surface area contributed by atoms with E-state index in [1.54, 1.807) is 31.3 Å². The lowest BCUT2D eigenvalue weighted by molar-refractivity contribution is -0.0498. The number of benzene rings is 1. The van der Waals surface area contributed by atoms with Gasteiger partial charge in [0.2, 0.25) is 0 Å². The maximum absolute atomic E-state index is 12.2. The number of likely N-dealkylation sites (N-methyl/N-ethyl adjacent to an activating group) is 1. The summed E-state index contributed by atoms with van der Waals surface area (Å²) in [6.07, 6.45) is 0. The van der Waals surface area contributed by atoms with Gasteiger partial charge in [-0.05, 0) is 38.1 Å². The van der Waals surface area contributed by atoms with E-state index in [0.29, 0.717) is 12.6 Å². The molecule has 1 rings (SSSR count). The van der Waals surface area contributed by atoms with E-state index in [1.165, 1.54) is 0 Å². The van der Waals surface area contributed by atoms with Crippen LogP contribution in [-0.2, 0) is 6.54 Å². The molecule has 8 heteroatoms. The molecule has 1 N–H and O–H groups in total. The van der Waals surface area contributed by atoms with Gasteiger partial charge in [-0.15, -0.1) is 24.0 Å². The lowest BCUT2D eigenvalue weighted by Gasteiger charge is -2.27. The van der Waals surface area contributed by atoms with Gasteiger partial charge in [-0.2, -0.15) is 8.78 Å². The predicted octanol–water partition coefficient (Wildman–Crippen LogP) is 3.64. The zero-order chi connectivity index (χ0) is 18.8. The van der Waals surface area contributed by atoms with Crippen molar-refractivity contribution in [3.05, 3.63) is 29.8 Å². The number of nitrogens with zero attached hydrogens (tertiary/aromatic N) is 3. The Bertz CT molecular complexity index is 526. The highest BCUT2D eigenvalue weighted by molar-refractivity contribution is 14.0. The molecule has 0 bridgehead atoms. The zero-order valence-electron chi connectivity index (χ0n) is 16.2. The number of halogens is 3. The van der Waals surface area contributed by atoms with Gasteiger partial charge in [-0.1, -0.05) is 19.1 Å². The number of nitrogens with one attached hydrogen (secondary N) is 1. The normalized spacial score (nSPS) is 11.7. The second-order valence-corrected chi connectivity index (χ2v) is 6.07. The van der Waals surface area contributed by atoms with Crippen molar-refractivity contribution in [2.45, 2.75) is 40.0 Å². The molecule has 0 unspecified atom stereocenters. The molecule has 1 aromatic carbocycles. The fraction of sp³-hybridized carbons (Fsp3) is 0.611. The Morgan fingerprint density at radius 3 is 2.31 bits per heavy atom. The summed E-state index contributed by atoms with van der Waals surface area (Å²) in [6.45, 7) is 7.12. The maximum atomic E-state index is 12.2. The topological polar surface area (TPSA) is 40.1 Å². The predicted molar refractivity (Wildman–Crippen MR) is 114 cm³/mol. The highest BCUT2D eigenvalue weighted by Crippen LogP contribution is 2.15. The average molecular weight is 484 g/mol. The highest BCUT2D eigenvalue weighted by atomic mass is 127. The number of hydrogen-bond donors (Lipinski definition) is 1. The Balaban J connectivity index is 0.00000625. The highest BCUT2D eigenvalue weighted by Gasteiger charge is 2.10. The van der Waals surface area contributed by atoms with Crippen LogP contribution in [0.2, 0.25) is 0 Å². The van der Waals surface area contributed by atoms with Gasteiger partial charge in [0.05, 0.1) is 0 Å². The molecule has 0 saturated carbocycles. The van der Waals surface area contributed by atoms with E-state index >= 15 is 0 Å². The second-order valence-electron chi connectivity index (χ2n) is 6.07. The minimum Gasteiger partial charge on any atom is -0.435 e. The number of guanidine groups is 1. The van der Waals surface area contributed by atoms with Crippen LogP contribution in [0, 0.1) is 0 Å². The maximum Gasteiger partial charge on any atom is 0.387 e. The fourth-order valence-corrected chi connectivity index (χ4v) is 2.60. The molecule has 0 aliphatic rings. The van der Waals surface area contributed by atoms with Crippen LogP contribution in [0.25, 0.3) is 0 Å². The minimum absolute atomic E-state index is 0. The zero-order valence-corrected chi connectivity index (χ0v) is 18.5. The first-order valence-electron chi connectivity index (χ1n) is 8.57. The van der Waals surface area contributed by atoms with Gasteiger partial charge in [-0.25, -0.2) is 0 Å². The van der Waals surface area contributed by atoms with Crippen LogP contribution >= 0.6 is 24.0 Å². The molecular formula is C18H31F2IN4O. The van der Waals surface area contributed by atoms with E-state index in [-0.39, 0.29) is 29.7 Å². The van der Waals surface area contributed by atoms with Crippen molar-refractivity contribution in [1.29, 1.82) is 0 Å². The first kappa shape index (κ1) is 24.8. The van der Waals surface area contributed by atoms with Crippen LogP contribution in [0.15, 0.2) is 29.3 Å². The van der Waals surface area contributed by atoms with Gasteiger partial charge in [0.25, 0.3) is 0 Å². The Morgan fingerprint density at radius 1 is 1.23 bits per heavy atom. The molecule has 0 aliphatic heterocycles. The number of hydrogen-bond acceptors (Lipinski definition) is 3. The summed E-state index contributed by atoms with van der Waals surface area (Å²) >= 11 is 0. The van der Waals surface area contributed by atoms with Crippen molar-refractivity contribution in [2.24, 2.45) is 4.99 Å². The molecule has 0 amide bonds. The van der Waals surface area contributed by atoms with Crippen molar-refractivity contribution in [3.8, 4) is 5.75 Å². The summed E-state index contributed by atoms with van der Waals surface area (Å²) in [4.78, 5) is 8.67. The van der Waals surface area contributed by atoms with E-state index in [2.05, 4.69) is 40.7 Å². The quantitative estimate of drug-likeness (QED) is 0.330. The molecule has 1 aromatic rings. The third-order valence-electron chi connectivity index (χ3n) is 3.96. The van der Waals surface area contributed by atoms with Crippen molar-refractivity contribution in [3.63, 3.8) is 0 Å². The van der Waals surface area contributed by atoms with Crippen LogP contribution in [0.5, 0.6) is 5.75 Å². The van der Waals surface area contributed by atoms with Gasteiger partial charge in [0.15, 0.2) is 5.96 Å². The van der Waals surface area contributed by atoms with E-state index in [9.17, 15) is 8.78 Å². The molecule has 0 radical (unpaired) electrons. The first-order valence-corrected chi connectivity index (χ1v) is 8.57. The van der Waals surface area contributed by atoms with E-state index in [1.807, 2.05) is 11.9 Å². The van der Waals surface area contributed by atoms with Crippen molar-refractivity contribution in [2.75, 3.05) is 33.7 Å². The lowest BCUT2D eigenvalue weighted by atomic mass is 10.2. The number of rotatable bonds is 9. The van der Waals surface area contributed by atoms with Gasteiger partial charge >= 0.3 is 6.61 Å². The standard InChI is InChI=1S/C18H30F2N4O.HI/c1-6-24(14(2)3)12-11-22-18(21-4)23(5)13-15-7-9-16(10-8-15)25-17(19)20;/h7-10,14,17H,6,11-13H2,1-5H3,(H,21,22);1H. The molecule has 0 aliphatic carbocycles. The van der Waals surface area contributed by atoms with Crippen molar-refractivity contribution >= 4 is 29.9 Å². The second kappa shape index (κ2) is 13.1. The molecule has 0 saturated heterocycles. The van der Waals surface area contributed by atoms with E-state index < -0.39 is 6.61 Å². The summed E-state index contributed by atoms with van der Waals surface area (Å²) in [7, 11) is 3.69. The van der Waals surface area contributed by atoms with Crippen LogP contribution in [-0.4, -0.2) is 62.1 Å². The fourth-order valence-electron chi connectivity index (χ4n) is 2.60. The molecule has 0 heterocycles. The lowest BCUT2D eigenvalue weighted by Crippen LogP contribution is -2.43. The van der Waals surface area contributed by atoms with Crippen LogP contribution in [0.1, 0.15) is 26.3 Å². The molecule has 0 fully saturated rings. The Hall–Kier alpha value is -1.16. The van der Waals surface area contributed by atoms with E-state index in [4.69, 9.17) is 0 Å². The SMILES string of the molecule is CCN(CCNC(=NC)N(C)Cc1ccc(OC(F)F)cc1)C(C)C.I. The summed E-state index contributed by atoms with van der Waals surface area (Å²) < 4.78 is 28.7. The molecule has 0 spiro atoms. The van der Waals surface area contributed by atoms with Gasteiger partial charge in [0.1, 0.15) is 5.75 Å². The monoisotopic (exact) mass is 484 g/mol. The Morgan fingerprint density at radius 2 is 1.85 bits per heavy atom. The van der Waals surface area contributed by atoms with Crippen LogP contribution in [0.4, 0.5) is 8.78 Å². The van der Waals surface area contributed by atoms with Crippen LogP contribution < -0.4 is 10.1 Å². The minimum atomic E-state index is -2.80. The Labute approximate surface area is 172 Å². The largest absolute Gasteiger partial charge is 0.435 e. The molecule has 0 atom stereocenters. The smallest absolute Gasteiger partial charge is 0.387 e. The molecule has 150 valence electrons.